The molecule has 0 unspecified atom stereocenters. The van der Waals surface area contributed by atoms with Gasteiger partial charge in [0, 0.05) is 5.92 Å². The summed E-state index contributed by atoms with van der Waals surface area (Å²) in [5, 5.41) is 0. The Labute approximate surface area is 83.8 Å². The highest BCUT2D eigenvalue weighted by Gasteiger charge is 2.12. The first-order chi connectivity index (χ1) is 6.66. The van der Waals surface area contributed by atoms with Gasteiger partial charge < -0.3 is 0 Å². The Morgan fingerprint density at radius 1 is 0.929 bits per heavy atom. The van der Waals surface area contributed by atoms with Crippen LogP contribution in [-0.4, -0.2) is 0 Å². The molecule has 0 radical (unpaired) electrons. The standard InChI is InChI=1S/C13H13F/c1-9-7-12(8-10(9)2)11-3-5-13(14)6-4-11/h3-8,12H,1-2H3. The normalized spacial score (nSPS) is 16.8. The van der Waals surface area contributed by atoms with Gasteiger partial charge in [-0.3, -0.25) is 0 Å². The smallest absolute Gasteiger partial charge is 0.123 e. The van der Waals surface area contributed by atoms with E-state index in [4.69, 9.17) is 0 Å². The van der Waals surface area contributed by atoms with Crippen LogP contribution in [0.25, 0.3) is 0 Å². The predicted molar refractivity (Wildman–Crippen MR) is 56.7 cm³/mol. The van der Waals surface area contributed by atoms with Gasteiger partial charge in [0.05, 0.1) is 0 Å². The molecule has 0 aromatic heterocycles. The maximum atomic E-state index is 12.7. The summed E-state index contributed by atoms with van der Waals surface area (Å²) in [5.74, 6) is 0.156. The van der Waals surface area contributed by atoms with Crippen molar-refractivity contribution in [2.24, 2.45) is 0 Å². The number of halogens is 1. The molecule has 0 heterocycles. The van der Waals surface area contributed by atoms with Gasteiger partial charge in [0.25, 0.3) is 0 Å². The molecule has 0 N–H and O–H groups in total. The van der Waals surface area contributed by atoms with Gasteiger partial charge in [0.1, 0.15) is 5.82 Å². The van der Waals surface area contributed by atoms with Crippen LogP contribution in [0.15, 0.2) is 47.6 Å². The summed E-state index contributed by atoms with van der Waals surface area (Å²) < 4.78 is 12.7. The quantitative estimate of drug-likeness (QED) is 0.628. The summed E-state index contributed by atoms with van der Waals surface area (Å²) in [7, 11) is 0. The molecule has 0 nitrogen and oxygen atoms in total. The van der Waals surface area contributed by atoms with Crippen LogP contribution in [0.5, 0.6) is 0 Å². The van der Waals surface area contributed by atoms with E-state index in [0.717, 1.165) is 5.56 Å². The van der Waals surface area contributed by atoms with Gasteiger partial charge in [-0.05, 0) is 31.5 Å². The zero-order chi connectivity index (χ0) is 10.1. The van der Waals surface area contributed by atoms with Crippen LogP contribution in [-0.2, 0) is 0 Å². The molecule has 0 bridgehead atoms. The third-order valence-corrected chi connectivity index (χ3v) is 2.74. The van der Waals surface area contributed by atoms with Crippen LogP contribution < -0.4 is 0 Å². The highest BCUT2D eigenvalue weighted by Crippen LogP contribution is 2.30. The van der Waals surface area contributed by atoms with Crippen molar-refractivity contribution in [3.63, 3.8) is 0 Å². The average Bonchev–Trinajstić information content (AvgIpc) is 2.48. The van der Waals surface area contributed by atoms with Crippen molar-refractivity contribution in [2.75, 3.05) is 0 Å². The molecule has 0 saturated carbocycles. The zero-order valence-electron chi connectivity index (χ0n) is 8.42. The molecule has 0 amide bonds. The van der Waals surface area contributed by atoms with Gasteiger partial charge in [0.15, 0.2) is 0 Å². The van der Waals surface area contributed by atoms with Crippen LogP contribution in [0.2, 0.25) is 0 Å². The van der Waals surface area contributed by atoms with Crippen molar-refractivity contribution < 1.29 is 4.39 Å². The van der Waals surface area contributed by atoms with Gasteiger partial charge in [-0.2, -0.15) is 0 Å². The largest absolute Gasteiger partial charge is 0.207 e. The van der Waals surface area contributed by atoms with E-state index in [2.05, 4.69) is 26.0 Å². The molecule has 72 valence electrons. The molecule has 1 heteroatoms. The molecular formula is C13H13F. The van der Waals surface area contributed by atoms with Crippen molar-refractivity contribution in [1.82, 2.24) is 0 Å². The van der Waals surface area contributed by atoms with Crippen molar-refractivity contribution >= 4 is 0 Å². The second-order valence-electron chi connectivity index (χ2n) is 3.78. The molecule has 0 aliphatic heterocycles. The lowest BCUT2D eigenvalue weighted by Crippen LogP contribution is -1.88. The van der Waals surface area contributed by atoms with Crippen LogP contribution >= 0.6 is 0 Å². The fourth-order valence-electron chi connectivity index (χ4n) is 1.73. The minimum atomic E-state index is -0.173. The molecule has 1 aliphatic rings. The Morgan fingerprint density at radius 2 is 1.43 bits per heavy atom. The zero-order valence-corrected chi connectivity index (χ0v) is 8.42. The van der Waals surface area contributed by atoms with E-state index in [9.17, 15) is 4.39 Å². The van der Waals surface area contributed by atoms with E-state index >= 15 is 0 Å². The van der Waals surface area contributed by atoms with E-state index < -0.39 is 0 Å². The summed E-state index contributed by atoms with van der Waals surface area (Å²) in [5.41, 5.74) is 3.79. The Morgan fingerprint density at radius 3 is 1.93 bits per heavy atom. The maximum absolute atomic E-state index is 12.7. The first kappa shape index (κ1) is 9.20. The van der Waals surface area contributed by atoms with E-state index in [0.29, 0.717) is 5.92 Å². The van der Waals surface area contributed by atoms with Crippen molar-refractivity contribution in [3.8, 4) is 0 Å². The van der Waals surface area contributed by atoms with Gasteiger partial charge in [-0.25, -0.2) is 4.39 Å². The third kappa shape index (κ3) is 1.63. The Kier molecular flexibility index (Phi) is 2.24. The average molecular weight is 188 g/mol. The number of hydrogen-bond donors (Lipinski definition) is 0. The molecule has 0 fully saturated rings. The lowest BCUT2D eigenvalue weighted by Gasteiger charge is -2.04. The Hall–Kier alpha value is -1.37. The number of benzene rings is 1. The summed E-state index contributed by atoms with van der Waals surface area (Å²) in [6.07, 6.45) is 4.42. The van der Waals surface area contributed by atoms with Gasteiger partial charge in [-0.1, -0.05) is 35.4 Å². The fraction of sp³-hybridized carbons (Fsp3) is 0.231. The van der Waals surface area contributed by atoms with E-state index in [-0.39, 0.29) is 5.82 Å². The Balaban J connectivity index is 2.31. The lowest BCUT2D eigenvalue weighted by molar-refractivity contribution is 0.627. The van der Waals surface area contributed by atoms with Crippen LogP contribution in [0, 0.1) is 5.82 Å². The van der Waals surface area contributed by atoms with E-state index in [1.54, 1.807) is 0 Å². The van der Waals surface area contributed by atoms with Crippen molar-refractivity contribution in [2.45, 2.75) is 19.8 Å². The monoisotopic (exact) mass is 188 g/mol. The lowest BCUT2D eigenvalue weighted by atomic mass is 10.0. The molecule has 0 atom stereocenters. The molecule has 1 aromatic carbocycles. The first-order valence-electron chi connectivity index (χ1n) is 4.79. The third-order valence-electron chi connectivity index (χ3n) is 2.74. The van der Waals surface area contributed by atoms with E-state index in [1.165, 1.54) is 23.3 Å². The Bertz CT molecular complexity index is 378. The molecule has 2 rings (SSSR count). The number of allylic oxidation sites excluding steroid dienone is 4. The van der Waals surface area contributed by atoms with Crippen LogP contribution in [0.4, 0.5) is 4.39 Å². The van der Waals surface area contributed by atoms with Gasteiger partial charge in [-0.15, -0.1) is 0 Å². The number of hydrogen-bond acceptors (Lipinski definition) is 0. The molecule has 1 aromatic rings. The molecule has 14 heavy (non-hydrogen) atoms. The van der Waals surface area contributed by atoms with Crippen molar-refractivity contribution in [3.05, 3.63) is 58.9 Å². The van der Waals surface area contributed by atoms with Gasteiger partial charge >= 0.3 is 0 Å². The van der Waals surface area contributed by atoms with Crippen LogP contribution in [0.1, 0.15) is 25.3 Å². The first-order valence-corrected chi connectivity index (χ1v) is 4.79. The topological polar surface area (TPSA) is 0 Å². The minimum absolute atomic E-state index is 0.173. The van der Waals surface area contributed by atoms with E-state index in [1.807, 2.05) is 12.1 Å². The molecular weight excluding hydrogens is 175 g/mol. The fourth-order valence-corrected chi connectivity index (χ4v) is 1.73. The summed E-state index contributed by atoms with van der Waals surface area (Å²) in [4.78, 5) is 0. The van der Waals surface area contributed by atoms with Gasteiger partial charge in [0.2, 0.25) is 0 Å². The highest BCUT2D eigenvalue weighted by molar-refractivity contribution is 5.43. The minimum Gasteiger partial charge on any atom is -0.207 e. The molecule has 0 saturated heterocycles. The second-order valence-corrected chi connectivity index (χ2v) is 3.78. The summed E-state index contributed by atoms with van der Waals surface area (Å²) in [6, 6.07) is 6.72. The number of rotatable bonds is 1. The van der Waals surface area contributed by atoms with Crippen molar-refractivity contribution in [1.29, 1.82) is 0 Å². The molecule has 0 spiro atoms. The SMILES string of the molecule is CC1=CC(c2ccc(F)cc2)C=C1C. The maximum Gasteiger partial charge on any atom is 0.123 e. The molecule has 1 aliphatic carbocycles. The predicted octanol–water partition coefficient (Wildman–Crippen LogP) is 3.82. The highest BCUT2D eigenvalue weighted by atomic mass is 19.1. The summed E-state index contributed by atoms with van der Waals surface area (Å²) in [6.45, 7) is 4.21. The summed E-state index contributed by atoms with van der Waals surface area (Å²) >= 11 is 0. The van der Waals surface area contributed by atoms with Crippen LogP contribution in [0.3, 0.4) is 0 Å². The second kappa shape index (κ2) is 3.41.